The summed E-state index contributed by atoms with van der Waals surface area (Å²) in [7, 11) is 0. The number of benzene rings is 2. The topological polar surface area (TPSA) is 29.5 Å². The normalized spacial score (nSPS) is 12.2. The van der Waals surface area contributed by atoms with Crippen molar-refractivity contribution < 1.29 is 9.84 Å². The van der Waals surface area contributed by atoms with E-state index in [1.165, 1.54) is 5.56 Å². The van der Waals surface area contributed by atoms with E-state index in [4.69, 9.17) is 4.74 Å². The third-order valence-corrected chi connectivity index (χ3v) is 3.18. The first kappa shape index (κ1) is 13.6. The lowest BCUT2D eigenvalue weighted by atomic mass is 10.0. The average molecular weight is 256 g/mol. The predicted molar refractivity (Wildman–Crippen MR) is 77.5 cm³/mol. The highest BCUT2D eigenvalue weighted by Crippen LogP contribution is 2.21. The monoisotopic (exact) mass is 256 g/mol. The summed E-state index contributed by atoms with van der Waals surface area (Å²) in [5.41, 5.74) is 4.38. The third kappa shape index (κ3) is 3.58. The van der Waals surface area contributed by atoms with Crippen LogP contribution in [0.2, 0.25) is 0 Å². The standard InChI is InChI=1S/C17H20O2/c1-12-5-4-6-15(10-12)19-11-17(18)16-8-7-13(2)9-14(16)3/h4-10,17-18H,11H2,1-3H3. The zero-order chi connectivity index (χ0) is 13.8. The first-order valence-electron chi connectivity index (χ1n) is 6.51. The van der Waals surface area contributed by atoms with Gasteiger partial charge in [-0.15, -0.1) is 0 Å². The van der Waals surface area contributed by atoms with Crippen LogP contribution in [0.25, 0.3) is 0 Å². The van der Waals surface area contributed by atoms with Crippen molar-refractivity contribution in [1.82, 2.24) is 0 Å². The molecule has 2 rings (SSSR count). The molecule has 1 N–H and O–H groups in total. The second-order valence-electron chi connectivity index (χ2n) is 5.00. The number of aryl methyl sites for hydroxylation is 3. The lowest BCUT2D eigenvalue weighted by molar-refractivity contribution is 0.107. The lowest BCUT2D eigenvalue weighted by Gasteiger charge is -2.15. The van der Waals surface area contributed by atoms with Crippen LogP contribution in [0.5, 0.6) is 5.75 Å². The van der Waals surface area contributed by atoms with E-state index in [2.05, 4.69) is 6.07 Å². The molecule has 0 saturated carbocycles. The van der Waals surface area contributed by atoms with Crippen LogP contribution >= 0.6 is 0 Å². The molecule has 0 aliphatic carbocycles. The molecule has 2 nitrogen and oxygen atoms in total. The zero-order valence-corrected chi connectivity index (χ0v) is 11.7. The number of hydrogen-bond donors (Lipinski definition) is 1. The molecule has 2 aromatic carbocycles. The molecular formula is C17H20O2. The highest BCUT2D eigenvalue weighted by atomic mass is 16.5. The van der Waals surface area contributed by atoms with Gasteiger partial charge in [0.05, 0.1) is 0 Å². The Balaban J connectivity index is 2.03. The summed E-state index contributed by atoms with van der Waals surface area (Å²) < 4.78 is 5.64. The van der Waals surface area contributed by atoms with E-state index in [0.29, 0.717) is 0 Å². The second-order valence-corrected chi connectivity index (χ2v) is 5.00. The number of aliphatic hydroxyl groups is 1. The molecule has 0 bridgehead atoms. The van der Waals surface area contributed by atoms with Crippen molar-refractivity contribution in [2.75, 3.05) is 6.61 Å². The molecule has 0 radical (unpaired) electrons. The first-order chi connectivity index (χ1) is 9.06. The molecule has 19 heavy (non-hydrogen) atoms. The van der Waals surface area contributed by atoms with Crippen LogP contribution in [-0.4, -0.2) is 11.7 Å². The van der Waals surface area contributed by atoms with E-state index in [1.54, 1.807) is 0 Å². The zero-order valence-electron chi connectivity index (χ0n) is 11.7. The molecule has 0 aromatic heterocycles. The molecule has 100 valence electrons. The quantitative estimate of drug-likeness (QED) is 0.903. The van der Waals surface area contributed by atoms with E-state index >= 15 is 0 Å². The van der Waals surface area contributed by atoms with Crippen molar-refractivity contribution in [3.8, 4) is 5.75 Å². The fourth-order valence-corrected chi connectivity index (χ4v) is 2.17. The van der Waals surface area contributed by atoms with Crippen LogP contribution in [0.3, 0.4) is 0 Å². The van der Waals surface area contributed by atoms with Gasteiger partial charge >= 0.3 is 0 Å². The molecule has 1 atom stereocenters. The van der Waals surface area contributed by atoms with Gasteiger partial charge in [-0.25, -0.2) is 0 Å². The van der Waals surface area contributed by atoms with Crippen LogP contribution in [0.15, 0.2) is 42.5 Å². The van der Waals surface area contributed by atoms with Crippen molar-refractivity contribution >= 4 is 0 Å². The van der Waals surface area contributed by atoms with Crippen LogP contribution in [0.4, 0.5) is 0 Å². The highest BCUT2D eigenvalue weighted by molar-refractivity contribution is 5.32. The van der Waals surface area contributed by atoms with Gasteiger partial charge in [-0.3, -0.25) is 0 Å². The molecule has 0 amide bonds. The molecule has 0 aliphatic rings. The van der Waals surface area contributed by atoms with E-state index in [0.717, 1.165) is 22.4 Å². The smallest absolute Gasteiger partial charge is 0.119 e. The van der Waals surface area contributed by atoms with Crippen LogP contribution < -0.4 is 4.74 Å². The summed E-state index contributed by atoms with van der Waals surface area (Å²) in [4.78, 5) is 0. The molecule has 2 heteroatoms. The van der Waals surface area contributed by atoms with Crippen LogP contribution in [0, 0.1) is 20.8 Å². The molecule has 1 unspecified atom stereocenters. The van der Waals surface area contributed by atoms with Crippen LogP contribution in [-0.2, 0) is 0 Å². The molecule has 0 saturated heterocycles. The number of ether oxygens (including phenoxy) is 1. The van der Waals surface area contributed by atoms with Gasteiger partial charge in [0.15, 0.2) is 0 Å². The average Bonchev–Trinajstić information content (AvgIpc) is 2.36. The maximum Gasteiger partial charge on any atom is 0.119 e. The molecule has 2 aromatic rings. The summed E-state index contributed by atoms with van der Waals surface area (Å²) >= 11 is 0. The van der Waals surface area contributed by atoms with Gasteiger partial charge in [0.2, 0.25) is 0 Å². The number of aliphatic hydroxyl groups excluding tert-OH is 1. The summed E-state index contributed by atoms with van der Waals surface area (Å²) in [6, 6.07) is 13.9. The van der Waals surface area contributed by atoms with Gasteiger partial charge in [0.1, 0.15) is 18.5 Å². The van der Waals surface area contributed by atoms with Crippen molar-refractivity contribution in [2.45, 2.75) is 26.9 Å². The minimum absolute atomic E-state index is 0.271. The van der Waals surface area contributed by atoms with E-state index < -0.39 is 6.10 Å². The van der Waals surface area contributed by atoms with Gasteiger partial charge in [0.25, 0.3) is 0 Å². The maximum atomic E-state index is 10.2. The summed E-state index contributed by atoms with van der Waals surface area (Å²) in [5.74, 6) is 0.795. The molecular weight excluding hydrogens is 236 g/mol. The minimum atomic E-state index is -0.596. The molecule has 0 aliphatic heterocycles. The van der Waals surface area contributed by atoms with E-state index in [1.807, 2.05) is 57.2 Å². The molecule has 0 heterocycles. The lowest BCUT2D eigenvalue weighted by Crippen LogP contribution is -2.11. The maximum absolute atomic E-state index is 10.2. The van der Waals surface area contributed by atoms with Gasteiger partial charge in [-0.2, -0.15) is 0 Å². The second kappa shape index (κ2) is 5.89. The number of hydrogen-bond acceptors (Lipinski definition) is 2. The Hall–Kier alpha value is -1.80. The van der Waals surface area contributed by atoms with E-state index in [-0.39, 0.29) is 6.61 Å². The Morgan fingerprint density at radius 1 is 1.00 bits per heavy atom. The Bertz CT molecular complexity index is 561. The summed E-state index contributed by atoms with van der Waals surface area (Å²) in [6.07, 6.45) is -0.596. The molecule has 0 fully saturated rings. The predicted octanol–water partition coefficient (Wildman–Crippen LogP) is 3.72. The third-order valence-electron chi connectivity index (χ3n) is 3.18. The Morgan fingerprint density at radius 3 is 2.42 bits per heavy atom. The largest absolute Gasteiger partial charge is 0.491 e. The van der Waals surface area contributed by atoms with Crippen LogP contribution in [0.1, 0.15) is 28.4 Å². The first-order valence-corrected chi connectivity index (χ1v) is 6.51. The van der Waals surface area contributed by atoms with E-state index in [9.17, 15) is 5.11 Å². The Labute approximate surface area is 114 Å². The van der Waals surface area contributed by atoms with Gasteiger partial charge < -0.3 is 9.84 Å². The summed E-state index contributed by atoms with van der Waals surface area (Å²) in [6.45, 7) is 6.35. The van der Waals surface area contributed by atoms with Gasteiger partial charge in [-0.1, -0.05) is 35.9 Å². The van der Waals surface area contributed by atoms with Crippen molar-refractivity contribution in [3.63, 3.8) is 0 Å². The van der Waals surface area contributed by atoms with Crippen molar-refractivity contribution in [2.24, 2.45) is 0 Å². The molecule has 0 spiro atoms. The fourth-order valence-electron chi connectivity index (χ4n) is 2.17. The SMILES string of the molecule is Cc1cccc(OCC(O)c2ccc(C)cc2C)c1. The highest BCUT2D eigenvalue weighted by Gasteiger charge is 2.11. The Morgan fingerprint density at radius 2 is 1.74 bits per heavy atom. The fraction of sp³-hybridized carbons (Fsp3) is 0.294. The van der Waals surface area contributed by atoms with Crippen molar-refractivity contribution in [1.29, 1.82) is 0 Å². The Kier molecular flexibility index (Phi) is 4.23. The minimum Gasteiger partial charge on any atom is -0.491 e. The van der Waals surface area contributed by atoms with Gasteiger partial charge in [0, 0.05) is 0 Å². The summed E-state index contributed by atoms with van der Waals surface area (Å²) in [5, 5.41) is 10.2. The van der Waals surface area contributed by atoms with Gasteiger partial charge in [-0.05, 0) is 49.6 Å². The number of rotatable bonds is 4. The van der Waals surface area contributed by atoms with Crippen molar-refractivity contribution in [3.05, 3.63) is 64.7 Å².